The molecular formula is C23H23NO4. The van der Waals surface area contributed by atoms with Crippen LogP contribution in [-0.2, 0) is 11.2 Å². The Morgan fingerprint density at radius 2 is 1.61 bits per heavy atom. The highest BCUT2D eigenvalue weighted by Gasteiger charge is 2.10. The smallest absolute Gasteiger partial charge is 0.224 e. The van der Waals surface area contributed by atoms with E-state index in [1.807, 2.05) is 55.5 Å². The number of ether oxygens (including phenoxy) is 2. The molecule has 3 aromatic carbocycles. The van der Waals surface area contributed by atoms with Gasteiger partial charge in [-0.1, -0.05) is 30.3 Å². The predicted molar refractivity (Wildman–Crippen MR) is 109 cm³/mol. The van der Waals surface area contributed by atoms with Crippen molar-refractivity contribution in [2.75, 3.05) is 11.9 Å². The number of carbonyl (C=O) groups is 1. The second-order valence-electron chi connectivity index (χ2n) is 6.18. The number of amides is 1. The minimum atomic E-state index is -0.147. The van der Waals surface area contributed by atoms with E-state index in [9.17, 15) is 9.90 Å². The van der Waals surface area contributed by atoms with Crippen LogP contribution in [0.3, 0.4) is 0 Å². The number of carbonyl (C=O) groups excluding carboxylic acids is 1. The Kier molecular flexibility index (Phi) is 6.52. The molecule has 0 atom stereocenters. The highest BCUT2D eigenvalue weighted by atomic mass is 16.5. The molecule has 144 valence electrons. The van der Waals surface area contributed by atoms with Crippen LogP contribution < -0.4 is 14.8 Å². The molecule has 0 bridgehead atoms. The summed E-state index contributed by atoms with van der Waals surface area (Å²) in [4.78, 5) is 12.4. The van der Waals surface area contributed by atoms with Gasteiger partial charge in [0, 0.05) is 6.42 Å². The van der Waals surface area contributed by atoms with Crippen molar-refractivity contribution in [1.82, 2.24) is 0 Å². The Hall–Kier alpha value is -3.47. The number of aryl methyl sites for hydroxylation is 1. The number of hydrogen-bond acceptors (Lipinski definition) is 4. The van der Waals surface area contributed by atoms with E-state index in [0.29, 0.717) is 30.2 Å². The van der Waals surface area contributed by atoms with E-state index in [1.165, 1.54) is 0 Å². The van der Waals surface area contributed by atoms with Gasteiger partial charge in [0.25, 0.3) is 0 Å². The van der Waals surface area contributed by atoms with E-state index >= 15 is 0 Å². The molecule has 0 aliphatic heterocycles. The van der Waals surface area contributed by atoms with Gasteiger partial charge in [-0.15, -0.1) is 0 Å². The summed E-state index contributed by atoms with van der Waals surface area (Å²) in [6, 6.07) is 21.6. The number of nitrogens with one attached hydrogen (secondary N) is 1. The maximum Gasteiger partial charge on any atom is 0.224 e. The maximum atomic E-state index is 12.4. The van der Waals surface area contributed by atoms with E-state index in [0.717, 1.165) is 11.3 Å². The lowest BCUT2D eigenvalue weighted by molar-refractivity contribution is -0.116. The van der Waals surface area contributed by atoms with Gasteiger partial charge in [0.15, 0.2) is 5.75 Å². The molecule has 0 aromatic heterocycles. The van der Waals surface area contributed by atoms with E-state index in [2.05, 4.69) is 5.32 Å². The molecule has 2 N–H and O–H groups in total. The number of anilines is 1. The van der Waals surface area contributed by atoms with Crippen LogP contribution in [0.1, 0.15) is 18.9 Å². The van der Waals surface area contributed by atoms with Gasteiger partial charge in [0.1, 0.15) is 17.2 Å². The zero-order valence-electron chi connectivity index (χ0n) is 15.7. The molecule has 0 radical (unpaired) electrons. The van der Waals surface area contributed by atoms with Crippen LogP contribution in [0.5, 0.6) is 23.0 Å². The second-order valence-corrected chi connectivity index (χ2v) is 6.18. The SMILES string of the molecule is CCOc1ccc(Oc2ccccc2NC(=O)CCc2ccccc2O)cc1. The summed E-state index contributed by atoms with van der Waals surface area (Å²) in [6.07, 6.45) is 0.718. The Bertz CT molecular complexity index is 922. The van der Waals surface area contributed by atoms with Crippen molar-refractivity contribution in [2.24, 2.45) is 0 Å². The topological polar surface area (TPSA) is 67.8 Å². The van der Waals surface area contributed by atoms with Gasteiger partial charge < -0.3 is 19.9 Å². The minimum absolute atomic E-state index is 0.147. The lowest BCUT2D eigenvalue weighted by Crippen LogP contribution is -2.13. The predicted octanol–water partition coefficient (Wildman–Crippen LogP) is 5.15. The zero-order chi connectivity index (χ0) is 19.8. The number of hydrogen-bond donors (Lipinski definition) is 2. The van der Waals surface area contributed by atoms with Gasteiger partial charge in [0.05, 0.1) is 12.3 Å². The molecular weight excluding hydrogens is 354 g/mol. The molecule has 0 unspecified atom stereocenters. The van der Waals surface area contributed by atoms with Gasteiger partial charge in [0.2, 0.25) is 5.91 Å². The van der Waals surface area contributed by atoms with E-state index < -0.39 is 0 Å². The highest BCUT2D eigenvalue weighted by Crippen LogP contribution is 2.30. The summed E-state index contributed by atoms with van der Waals surface area (Å²) >= 11 is 0. The number of rotatable bonds is 8. The molecule has 0 saturated carbocycles. The number of benzene rings is 3. The van der Waals surface area contributed by atoms with Crippen molar-refractivity contribution in [2.45, 2.75) is 19.8 Å². The Morgan fingerprint density at radius 1 is 0.929 bits per heavy atom. The molecule has 3 rings (SSSR count). The molecule has 0 saturated heterocycles. The maximum absolute atomic E-state index is 12.4. The van der Waals surface area contributed by atoms with E-state index in [-0.39, 0.29) is 18.1 Å². The standard InChI is InChI=1S/C23H23NO4/c1-2-27-18-12-14-19(15-13-18)28-22-10-6-4-8-20(22)24-23(26)16-11-17-7-3-5-9-21(17)25/h3-10,12-15,25H,2,11,16H2,1H3,(H,24,26). The normalized spacial score (nSPS) is 10.3. The van der Waals surface area contributed by atoms with Crippen LogP contribution >= 0.6 is 0 Å². The number of aromatic hydroxyl groups is 1. The molecule has 3 aromatic rings. The largest absolute Gasteiger partial charge is 0.508 e. The molecule has 1 amide bonds. The highest BCUT2D eigenvalue weighted by molar-refractivity contribution is 5.92. The van der Waals surface area contributed by atoms with Crippen LogP contribution in [-0.4, -0.2) is 17.6 Å². The fourth-order valence-corrected chi connectivity index (χ4v) is 2.74. The molecule has 0 aliphatic rings. The third-order valence-electron chi connectivity index (χ3n) is 4.14. The first kappa shape index (κ1) is 19.3. The second kappa shape index (κ2) is 9.46. The summed E-state index contributed by atoms with van der Waals surface area (Å²) < 4.78 is 11.3. The molecule has 28 heavy (non-hydrogen) atoms. The molecule has 5 heteroatoms. The van der Waals surface area contributed by atoms with Crippen LogP contribution in [0.4, 0.5) is 5.69 Å². The summed E-state index contributed by atoms with van der Waals surface area (Å²) in [6.45, 7) is 2.54. The molecule has 0 fully saturated rings. The lowest BCUT2D eigenvalue weighted by atomic mass is 10.1. The van der Waals surface area contributed by atoms with Crippen molar-refractivity contribution < 1.29 is 19.4 Å². The van der Waals surface area contributed by atoms with Crippen LogP contribution in [0.25, 0.3) is 0 Å². The van der Waals surface area contributed by atoms with Gasteiger partial charge in [-0.05, 0) is 61.4 Å². The molecule has 0 aliphatic carbocycles. The third-order valence-corrected chi connectivity index (χ3v) is 4.14. The first-order valence-electron chi connectivity index (χ1n) is 9.22. The number of phenolic OH excluding ortho intramolecular Hbond substituents is 1. The Balaban J connectivity index is 1.63. The van der Waals surface area contributed by atoms with Gasteiger partial charge >= 0.3 is 0 Å². The Morgan fingerprint density at radius 3 is 2.36 bits per heavy atom. The van der Waals surface area contributed by atoms with Gasteiger partial charge in [-0.3, -0.25) is 4.79 Å². The summed E-state index contributed by atoms with van der Waals surface area (Å²) in [7, 11) is 0. The van der Waals surface area contributed by atoms with Crippen molar-refractivity contribution in [1.29, 1.82) is 0 Å². The number of phenols is 1. The fraction of sp³-hybridized carbons (Fsp3) is 0.174. The van der Waals surface area contributed by atoms with Crippen molar-refractivity contribution in [3.05, 3.63) is 78.4 Å². The van der Waals surface area contributed by atoms with Crippen LogP contribution in [0.15, 0.2) is 72.8 Å². The van der Waals surface area contributed by atoms with E-state index in [4.69, 9.17) is 9.47 Å². The summed E-state index contributed by atoms with van der Waals surface area (Å²) in [5.74, 6) is 2.04. The minimum Gasteiger partial charge on any atom is -0.508 e. The first-order valence-corrected chi connectivity index (χ1v) is 9.22. The molecule has 5 nitrogen and oxygen atoms in total. The summed E-state index contributed by atoms with van der Waals surface area (Å²) in [5.41, 5.74) is 1.34. The fourth-order valence-electron chi connectivity index (χ4n) is 2.74. The monoisotopic (exact) mass is 377 g/mol. The lowest BCUT2D eigenvalue weighted by Gasteiger charge is -2.13. The number of para-hydroxylation sites is 3. The molecule has 0 spiro atoms. The average Bonchev–Trinajstić information content (AvgIpc) is 2.70. The van der Waals surface area contributed by atoms with Crippen molar-refractivity contribution in [3.63, 3.8) is 0 Å². The first-order chi connectivity index (χ1) is 13.7. The van der Waals surface area contributed by atoms with Gasteiger partial charge in [-0.2, -0.15) is 0 Å². The van der Waals surface area contributed by atoms with Crippen molar-refractivity contribution in [3.8, 4) is 23.0 Å². The molecule has 0 heterocycles. The van der Waals surface area contributed by atoms with Gasteiger partial charge in [-0.25, -0.2) is 0 Å². The van der Waals surface area contributed by atoms with Crippen LogP contribution in [0.2, 0.25) is 0 Å². The quantitative estimate of drug-likeness (QED) is 0.569. The summed E-state index contributed by atoms with van der Waals surface area (Å²) in [5, 5.41) is 12.7. The Labute approximate surface area is 164 Å². The van der Waals surface area contributed by atoms with Crippen molar-refractivity contribution >= 4 is 11.6 Å². The average molecular weight is 377 g/mol. The third kappa shape index (κ3) is 5.27. The van der Waals surface area contributed by atoms with E-state index in [1.54, 1.807) is 24.3 Å². The van der Waals surface area contributed by atoms with Crippen LogP contribution in [0, 0.1) is 0 Å². The zero-order valence-corrected chi connectivity index (χ0v) is 15.7.